The highest BCUT2D eigenvalue weighted by atomic mass is 79.9. The number of nitrogens with one attached hydrogen (secondary N) is 2. The summed E-state index contributed by atoms with van der Waals surface area (Å²) >= 11 is 3.65. The number of piperidine rings is 1. The van der Waals surface area contributed by atoms with Crippen molar-refractivity contribution in [2.75, 3.05) is 26.7 Å². The predicted molar refractivity (Wildman–Crippen MR) is 93.8 cm³/mol. The summed E-state index contributed by atoms with van der Waals surface area (Å²) in [5.74, 6) is 0.931. The second-order valence-corrected chi connectivity index (χ2v) is 6.58. The number of H-pyrrole nitrogens is 1. The van der Waals surface area contributed by atoms with E-state index >= 15 is 0 Å². The quantitative estimate of drug-likeness (QED) is 0.853. The largest absolute Gasteiger partial charge is 0.340 e. The van der Waals surface area contributed by atoms with Gasteiger partial charge in [0.2, 0.25) is 0 Å². The smallest absolute Gasteiger partial charge is 0.138 e. The zero-order valence-electron chi connectivity index (χ0n) is 13.0. The van der Waals surface area contributed by atoms with E-state index in [9.17, 15) is 0 Å². The van der Waals surface area contributed by atoms with E-state index in [4.69, 9.17) is 0 Å². The molecule has 1 atom stereocenters. The molecule has 5 heteroatoms. The summed E-state index contributed by atoms with van der Waals surface area (Å²) in [5.41, 5.74) is 2.30. The minimum atomic E-state index is 0.338. The number of hydrogen-bond acceptors (Lipinski definition) is 3. The fourth-order valence-electron chi connectivity index (χ4n) is 3.16. The SMILES string of the molecule is CNCC(c1[nH]c(-c2ccccc2)nc1Br)N1CCCCC1. The second-order valence-electron chi connectivity index (χ2n) is 5.83. The molecule has 0 aliphatic carbocycles. The number of imidazole rings is 1. The third-order valence-corrected chi connectivity index (χ3v) is 4.90. The molecule has 1 fully saturated rings. The lowest BCUT2D eigenvalue weighted by Gasteiger charge is -2.34. The first-order chi connectivity index (χ1) is 10.8. The van der Waals surface area contributed by atoms with Crippen molar-refractivity contribution in [3.8, 4) is 11.4 Å². The van der Waals surface area contributed by atoms with Gasteiger partial charge in [0.25, 0.3) is 0 Å². The van der Waals surface area contributed by atoms with Crippen LogP contribution in [0.15, 0.2) is 34.9 Å². The fraction of sp³-hybridized carbons (Fsp3) is 0.471. The Bertz CT molecular complexity index is 590. The van der Waals surface area contributed by atoms with Crippen molar-refractivity contribution in [2.45, 2.75) is 25.3 Å². The van der Waals surface area contributed by atoms with E-state index in [1.807, 2.05) is 25.2 Å². The van der Waals surface area contributed by atoms with Crippen LogP contribution in [0.3, 0.4) is 0 Å². The maximum absolute atomic E-state index is 4.69. The first-order valence-electron chi connectivity index (χ1n) is 7.99. The molecule has 1 unspecified atom stereocenters. The highest BCUT2D eigenvalue weighted by Gasteiger charge is 2.26. The Labute approximate surface area is 140 Å². The van der Waals surface area contributed by atoms with Crippen LogP contribution in [0, 0.1) is 0 Å². The molecular formula is C17H23BrN4. The van der Waals surface area contributed by atoms with Gasteiger partial charge in [-0.2, -0.15) is 0 Å². The molecule has 22 heavy (non-hydrogen) atoms. The van der Waals surface area contributed by atoms with E-state index in [0.29, 0.717) is 6.04 Å². The van der Waals surface area contributed by atoms with Crippen LogP contribution >= 0.6 is 15.9 Å². The molecule has 0 bridgehead atoms. The number of nitrogens with zero attached hydrogens (tertiary/aromatic N) is 2. The first-order valence-corrected chi connectivity index (χ1v) is 8.78. The Kier molecular flexibility index (Phi) is 5.28. The van der Waals surface area contributed by atoms with Crippen LogP contribution in [0.5, 0.6) is 0 Å². The highest BCUT2D eigenvalue weighted by molar-refractivity contribution is 9.10. The van der Waals surface area contributed by atoms with Gasteiger partial charge >= 0.3 is 0 Å². The molecule has 1 aromatic heterocycles. The summed E-state index contributed by atoms with van der Waals surface area (Å²) < 4.78 is 0.928. The van der Waals surface area contributed by atoms with Crippen LogP contribution in [-0.4, -0.2) is 41.5 Å². The molecule has 4 nitrogen and oxygen atoms in total. The lowest BCUT2D eigenvalue weighted by atomic mass is 10.1. The van der Waals surface area contributed by atoms with Gasteiger partial charge in [0.05, 0.1) is 11.7 Å². The molecule has 1 aromatic carbocycles. The number of rotatable bonds is 5. The molecular weight excluding hydrogens is 340 g/mol. The van der Waals surface area contributed by atoms with Crippen LogP contribution in [-0.2, 0) is 0 Å². The summed E-state index contributed by atoms with van der Waals surface area (Å²) in [7, 11) is 2.01. The van der Waals surface area contributed by atoms with E-state index in [1.54, 1.807) is 0 Å². The number of likely N-dealkylation sites (N-methyl/N-ethyl adjacent to an activating group) is 1. The number of hydrogen-bond donors (Lipinski definition) is 2. The van der Waals surface area contributed by atoms with Crippen molar-refractivity contribution in [1.82, 2.24) is 20.2 Å². The molecule has 1 aliphatic heterocycles. The Morgan fingerprint density at radius 1 is 1.23 bits per heavy atom. The number of likely N-dealkylation sites (tertiary alicyclic amines) is 1. The van der Waals surface area contributed by atoms with Gasteiger partial charge in [-0.05, 0) is 48.9 Å². The lowest BCUT2D eigenvalue weighted by molar-refractivity contribution is 0.159. The molecule has 118 valence electrons. The van der Waals surface area contributed by atoms with Crippen molar-refractivity contribution in [1.29, 1.82) is 0 Å². The topological polar surface area (TPSA) is 44.0 Å². The van der Waals surface area contributed by atoms with Crippen LogP contribution in [0.4, 0.5) is 0 Å². The van der Waals surface area contributed by atoms with Gasteiger partial charge in [0.15, 0.2) is 0 Å². The van der Waals surface area contributed by atoms with Crippen molar-refractivity contribution in [3.63, 3.8) is 0 Å². The molecule has 2 N–H and O–H groups in total. The third-order valence-electron chi connectivity index (χ3n) is 4.29. The van der Waals surface area contributed by atoms with Crippen molar-refractivity contribution < 1.29 is 0 Å². The fourth-order valence-corrected chi connectivity index (χ4v) is 3.70. The Morgan fingerprint density at radius 2 is 1.95 bits per heavy atom. The Balaban J connectivity index is 1.89. The Hall–Kier alpha value is -1.17. The molecule has 1 saturated heterocycles. The monoisotopic (exact) mass is 362 g/mol. The summed E-state index contributed by atoms with van der Waals surface area (Å²) in [6.07, 6.45) is 3.93. The van der Waals surface area contributed by atoms with E-state index < -0.39 is 0 Å². The van der Waals surface area contributed by atoms with Gasteiger partial charge in [-0.1, -0.05) is 36.8 Å². The molecule has 3 rings (SSSR count). The Morgan fingerprint density at radius 3 is 2.64 bits per heavy atom. The van der Waals surface area contributed by atoms with Crippen molar-refractivity contribution in [3.05, 3.63) is 40.6 Å². The van der Waals surface area contributed by atoms with E-state index in [2.05, 4.69) is 48.2 Å². The average Bonchev–Trinajstić information content (AvgIpc) is 2.96. The van der Waals surface area contributed by atoms with Crippen molar-refractivity contribution >= 4 is 15.9 Å². The van der Waals surface area contributed by atoms with Crippen molar-refractivity contribution in [2.24, 2.45) is 0 Å². The normalized spacial score (nSPS) is 17.5. The van der Waals surface area contributed by atoms with Gasteiger partial charge in [0, 0.05) is 12.1 Å². The van der Waals surface area contributed by atoms with Crippen LogP contribution < -0.4 is 5.32 Å². The van der Waals surface area contributed by atoms with Crippen LogP contribution in [0.1, 0.15) is 31.0 Å². The second kappa shape index (κ2) is 7.40. The summed E-state index contributed by atoms with van der Waals surface area (Å²) in [5, 5.41) is 3.33. The summed E-state index contributed by atoms with van der Waals surface area (Å²) in [6, 6.07) is 10.6. The predicted octanol–water partition coefficient (Wildman–Crippen LogP) is 3.59. The minimum absolute atomic E-state index is 0.338. The van der Waals surface area contributed by atoms with E-state index in [1.165, 1.54) is 38.0 Å². The lowest BCUT2D eigenvalue weighted by Crippen LogP contribution is -2.38. The van der Waals surface area contributed by atoms with Crippen LogP contribution in [0.25, 0.3) is 11.4 Å². The molecule has 0 radical (unpaired) electrons. The van der Waals surface area contributed by atoms with E-state index in [-0.39, 0.29) is 0 Å². The summed E-state index contributed by atoms with van der Waals surface area (Å²) in [4.78, 5) is 10.8. The average molecular weight is 363 g/mol. The maximum Gasteiger partial charge on any atom is 0.138 e. The maximum atomic E-state index is 4.69. The van der Waals surface area contributed by atoms with Gasteiger partial charge < -0.3 is 10.3 Å². The molecule has 2 heterocycles. The van der Waals surface area contributed by atoms with Gasteiger partial charge in [-0.3, -0.25) is 4.90 Å². The number of aromatic amines is 1. The van der Waals surface area contributed by atoms with Gasteiger partial charge in [-0.25, -0.2) is 4.98 Å². The van der Waals surface area contributed by atoms with Gasteiger partial charge in [-0.15, -0.1) is 0 Å². The number of aromatic nitrogens is 2. The zero-order valence-corrected chi connectivity index (χ0v) is 14.6. The molecule has 0 saturated carbocycles. The molecule has 0 spiro atoms. The number of halogens is 1. The van der Waals surface area contributed by atoms with Gasteiger partial charge in [0.1, 0.15) is 10.4 Å². The highest BCUT2D eigenvalue weighted by Crippen LogP contribution is 2.30. The molecule has 1 aliphatic rings. The molecule has 0 amide bonds. The van der Waals surface area contributed by atoms with E-state index in [0.717, 1.165) is 22.5 Å². The molecule has 2 aromatic rings. The first kappa shape index (κ1) is 15.7. The minimum Gasteiger partial charge on any atom is -0.340 e. The standard InChI is InChI=1S/C17H23BrN4/c1-19-12-14(22-10-6-3-7-11-22)15-16(18)21-17(20-15)13-8-4-2-5-9-13/h2,4-5,8-9,14,19H,3,6-7,10-12H2,1H3,(H,20,21). The third kappa shape index (κ3) is 3.42. The summed E-state index contributed by atoms with van der Waals surface area (Å²) in [6.45, 7) is 3.26. The van der Waals surface area contributed by atoms with Crippen LogP contribution in [0.2, 0.25) is 0 Å². The zero-order chi connectivity index (χ0) is 15.4. The number of benzene rings is 1.